The molecule has 17 heavy (non-hydrogen) atoms. The van der Waals surface area contributed by atoms with E-state index in [4.69, 9.17) is 4.74 Å². The average Bonchev–Trinajstić information content (AvgIpc) is 2.37. The monoisotopic (exact) mass is 224 g/mol. The first-order valence-electron chi connectivity index (χ1n) is 5.70. The lowest BCUT2D eigenvalue weighted by atomic mass is 10.0. The van der Waals surface area contributed by atoms with E-state index in [9.17, 15) is 0 Å². The van der Waals surface area contributed by atoms with Crippen LogP contribution in [0.25, 0.3) is 11.1 Å². The van der Waals surface area contributed by atoms with E-state index in [2.05, 4.69) is 49.9 Å². The molecule has 1 nitrogen and oxygen atoms in total. The third-order valence-electron chi connectivity index (χ3n) is 2.55. The third-order valence-corrected chi connectivity index (χ3v) is 2.55. The number of benzene rings is 2. The highest BCUT2D eigenvalue weighted by atomic mass is 16.5. The molecule has 2 aromatic carbocycles. The van der Waals surface area contributed by atoms with Crippen LogP contribution in [0.2, 0.25) is 0 Å². The largest absolute Gasteiger partial charge is 0.490 e. The molecule has 0 aliphatic carbocycles. The highest BCUT2D eigenvalue weighted by molar-refractivity contribution is 5.65. The Labute approximate surface area is 102 Å². The predicted octanol–water partition coefficient (Wildman–Crippen LogP) is 4.23. The molecule has 0 atom stereocenters. The van der Waals surface area contributed by atoms with Crippen LogP contribution in [0.3, 0.4) is 0 Å². The van der Waals surface area contributed by atoms with Crippen LogP contribution in [-0.2, 0) is 0 Å². The van der Waals surface area contributed by atoms with Crippen LogP contribution in [0.1, 0.15) is 5.56 Å². The molecule has 0 radical (unpaired) electrons. The van der Waals surface area contributed by atoms with Gasteiger partial charge in [-0.25, -0.2) is 0 Å². The lowest BCUT2D eigenvalue weighted by Crippen LogP contribution is -1.92. The van der Waals surface area contributed by atoms with Crippen molar-refractivity contribution >= 4 is 0 Å². The molecule has 0 bridgehead atoms. The third kappa shape index (κ3) is 2.97. The van der Waals surface area contributed by atoms with Crippen LogP contribution in [0, 0.1) is 6.92 Å². The fraction of sp³-hybridized carbons (Fsp3) is 0.125. The van der Waals surface area contributed by atoms with Gasteiger partial charge in [-0.15, -0.1) is 0 Å². The van der Waals surface area contributed by atoms with Gasteiger partial charge < -0.3 is 4.74 Å². The first kappa shape index (κ1) is 11.5. The van der Waals surface area contributed by atoms with Gasteiger partial charge in [-0.2, -0.15) is 0 Å². The Hall–Kier alpha value is -2.02. The number of aryl methyl sites for hydroxylation is 1. The Kier molecular flexibility index (Phi) is 3.61. The van der Waals surface area contributed by atoms with Gasteiger partial charge in [-0.3, -0.25) is 0 Å². The topological polar surface area (TPSA) is 9.23 Å². The van der Waals surface area contributed by atoms with E-state index in [-0.39, 0.29) is 0 Å². The molecule has 0 saturated heterocycles. The van der Waals surface area contributed by atoms with E-state index in [1.54, 1.807) is 6.08 Å². The molecule has 0 fully saturated rings. The Morgan fingerprint density at radius 3 is 2.47 bits per heavy atom. The summed E-state index contributed by atoms with van der Waals surface area (Å²) in [6, 6.07) is 16.6. The van der Waals surface area contributed by atoms with Gasteiger partial charge in [-0.1, -0.05) is 54.6 Å². The van der Waals surface area contributed by atoms with E-state index in [0.29, 0.717) is 6.61 Å². The van der Waals surface area contributed by atoms with Crippen molar-refractivity contribution in [2.45, 2.75) is 6.92 Å². The molecule has 0 spiro atoms. The minimum atomic E-state index is 0.539. The number of hydrogen-bond acceptors (Lipinski definition) is 1. The Morgan fingerprint density at radius 1 is 1.06 bits per heavy atom. The summed E-state index contributed by atoms with van der Waals surface area (Å²) in [7, 11) is 0. The van der Waals surface area contributed by atoms with Crippen LogP contribution >= 0.6 is 0 Å². The first-order valence-corrected chi connectivity index (χ1v) is 5.70. The maximum absolute atomic E-state index is 5.53. The Bertz CT molecular complexity index is 514. The smallest absolute Gasteiger partial charge is 0.120 e. The molecule has 86 valence electrons. The lowest BCUT2D eigenvalue weighted by molar-refractivity contribution is 0.363. The standard InChI is InChI=1S/C16H16O/c1-3-10-17-16-9-5-8-15(12-16)14-7-4-6-13(2)11-14/h3-9,11-12H,1,10H2,2H3. The van der Waals surface area contributed by atoms with Crippen LogP contribution in [-0.4, -0.2) is 6.61 Å². The first-order chi connectivity index (χ1) is 8.29. The second-order valence-corrected chi connectivity index (χ2v) is 4.00. The maximum Gasteiger partial charge on any atom is 0.120 e. The molecule has 0 N–H and O–H groups in total. The van der Waals surface area contributed by atoms with Crippen molar-refractivity contribution in [3.05, 3.63) is 66.7 Å². The van der Waals surface area contributed by atoms with Crippen LogP contribution in [0.15, 0.2) is 61.2 Å². The van der Waals surface area contributed by atoms with Crippen LogP contribution in [0.5, 0.6) is 5.75 Å². The summed E-state index contributed by atoms with van der Waals surface area (Å²) in [5, 5.41) is 0. The average molecular weight is 224 g/mol. The van der Waals surface area contributed by atoms with Crippen molar-refractivity contribution in [2.24, 2.45) is 0 Å². The van der Waals surface area contributed by atoms with Crippen molar-refractivity contribution in [2.75, 3.05) is 6.61 Å². The van der Waals surface area contributed by atoms with Gasteiger partial charge in [0.1, 0.15) is 12.4 Å². The highest BCUT2D eigenvalue weighted by Crippen LogP contribution is 2.24. The molecule has 0 aliphatic rings. The molecular weight excluding hydrogens is 208 g/mol. The second-order valence-electron chi connectivity index (χ2n) is 4.00. The molecule has 2 rings (SSSR count). The van der Waals surface area contributed by atoms with Gasteiger partial charge in [0.05, 0.1) is 0 Å². The van der Waals surface area contributed by atoms with E-state index in [1.807, 2.05) is 12.1 Å². The Morgan fingerprint density at radius 2 is 1.76 bits per heavy atom. The Balaban J connectivity index is 2.29. The second kappa shape index (κ2) is 5.35. The minimum Gasteiger partial charge on any atom is -0.490 e. The molecule has 0 amide bonds. The van der Waals surface area contributed by atoms with E-state index < -0.39 is 0 Å². The van der Waals surface area contributed by atoms with E-state index >= 15 is 0 Å². The fourth-order valence-corrected chi connectivity index (χ4v) is 1.75. The van der Waals surface area contributed by atoms with E-state index in [0.717, 1.165) is 5.75 Å². The van der Waals surface area contributed by atoms with Crippen LogP contribution in [0.4, 0.5) is 0 Å². The number of hydrogen-bond donors (Lipinski definition) is 0. The lowest BCUT2D eigenvalue weighted by Gasteiger charge is -2.07. The quantitative estimate of drug-likeness (QED) is 0.706. The van der Waals surface area contributed by atoms with Gasteiger partial charge in [0.2, 0.25) is 0 Å². The van der Waals surface area contributed by atoms with E-state index in [1.165, 1.54) is 16.7 Å². The molecule has 2 aromatic rings. The zero-order valence-electron chi connectivity index (χ0n) is 10.0. The molecule has 1 heteroatoms. The normalized spacial score (nSPS) is 9.94. The summed E-state index contributed by atoms with van der Waals surface area (Å²) in [6.07, 6.45) is 1.75. The molecule has 0 heterocycles. The molecule has 0 aromatic heterocycles. The number of ether oxygens (including phenoxy) is 1. The van der Waals surface area contributed by atoms with Gasteiger partial charge in [-0.05, 0) is 30.2 Å². The van der Waals surface area contributed by atoms with Gasteiger partial charge in [0.15, 0.2) is 0 Å². The fourth-order valence-electron chi connectivity index (χ4n) is 1.75. The van der Waals surface area contributed by atoms with Gasteiger partial charge >= 0.3 is 0 Å². The van der Waals surface area contributed by atoms with Gasteiger partial charge in [0, 0.05) is 0 Å². The van der Waals surface area contributed by atoms with Crippen molar-refractivity contribution < 1.29 is 4.74 Å². The number of rotatable bonds is 4. The zero-order valence-corrected chi connectivity index (χ0v) is 10.0. The summed E-state index contributed by atoms with van der Waals surface area (Å²) >= 11 is 0. The SMILES string of the molecule is C=CCOc1cccc(-c2cccc(C)c2)c1. The summed E-state index contributed by atoms with van der Waals surface area (Å²) in [4.78, 5) is 0. The van der Waals surface area contributed by atoms with Gasteiger partial charge in [0.25, 0.3) is 0 Å². The van der Waals surface area contributed by atoms with Crippen molar-refractivity contribution in [1.29, 1.82) is 0 Å². The maximum atomic E-state index is 5.53. The van der Waals surface area contributed by atoms with Crippen molar-refractivity contribution in [3.63, 3.8) is 0 Å². The molecule has 0 unspecified atom stereocenters. The predicted molar refractivity (Wildman–Crippen MR) is 72.3 cm³/mol. The van der Waals surface area contributed by atoms with Crippen molar-refractivity contribution in [1.82, 2.24) is 0 Å². The molecular formula is C16H16O. The minimum absolute atomic E-state index is 0.539. The zero-order chi connectivity index (χ0) is 12.1. The summed E-state index contributed by atoms with van der Waals surface area (Å²) < 4.78 is 5.53. The van der Waals surface area contributed by atoms with Crippen molar-refractivity contribution in [3.8, 4) is 16.9 Å². The molecule has 0 aliphatic heterocycles. The molecule has 0 saturated carbocycles. The van der Waals surface area contributed by atoms with Crippen LogP contribution < -0.4 is 4.74 Å². The highest BCUT2D eigenvalue weighted by Gasteiger charge is 1.99. The summed E-state index contributed by atoms with van der Waals surface area (Å²) in [5.74, 6) is 0.879. The summed E-state index contributed by atoms with van der Waals surface area (Å²) in [6.45, 7) is 6.28. The summed E-state index contributed by atoms with van der Waals surface area (Å²) in [5.41, 5.74) is 3.66.